The summed E-state index contributed by atoms with van der Waals surface area (Å²) in [5, 5.41) is 6.64. The number of halogens is 1. The second kappa shape index (κ2) is 13.5. The number of hydrogen-bond acceptors (Lipinski definition) is 3. The molecule has 1 aliphatic heterocycles. The highest BCUT2D eigenvalue weighted by Gasteiger charge is 2.22. The van der Waals surface area contributed by atoms with Gasteiger partial charge in [0.1, 0.15) is 0 Å². The Morgan fingerprint density at radius 3 is 2.37 bits per heavy atom. The zero-order chi connectivity index (χ0) is 20.3. The van der Waals surface area contributed by atoms with Crippen LogP contribution in [0.25, 0.3) is 0 Å². The van der Waals surface area contributed by atoms with Crippen molar-refractivity contribution in [1.82, 2.24) is 15.5 Å². The van der Waals surface area contributed by atoms with Crippen molar-refractivity contribution in [3.8, 4) is 0 Å². The Labute approximate surface area is 201 Å². The average Bonchev–Trinajstić information content (AvgIpc) is 3.19. The Balaban J connectivity index is 0.00000320. The molecule has 2 N–H and O–H groups in total. The number of carbonyl (C=O) groups excluding carboxylic acids is 1. The number of aliphatic imine (C=N–C) groups is 1. The summed E-state index contributed by atoms with van der Waals surface area (Å²) in [6, 6.07) is 18.7. The molecule has 0 fully saturated rings. The van der Waals surface area contributed by atoms with Crippen LogP contribution in [0, 0.1) is 0 Å². The van der Waals surface area contributed by atoms with Gasteiger partial charge in [0.05, 0.1) is 0 Å². The number of amides is 1. The number of nitrogens with zero attached hydrogens (tertiary/aromatic N) is 2. The van der Waals surface area contributed by atoms with E-state index in [4.69, 9.17) is 0 Å². The van der Waals surface area contributed by atoms with Crippen LogP contribution in [0.5, 0.6) is 0 Å². The fraction of sp³-hybridized carbons (Fsp3) is 0.391. The van der Waals surface area contributed by atoms with E-state index < -0.39 is 0 Å². The molecule has 5 nitrogen and oxygen atoms in total. The number of thioether (sulfide) groups is 1. The van der Waals surface area contributed by atoms with Gasteiger partial charge < -0.3 is 15.5 Å². The third-order valence-electron chi connectivity index (χ3n) is 4.76. The first kappa shape index (κ1) is 24.5. The van der Waals surface area contributed by atoms with Gasteiger partial charge in [-0.3, -0.25) is 9.79 Å². The third kappa shape index (κ3) is 7.83. The lowest BCUT2D eigenvalue weighted by Gasteiger charge is -2.15. The first-order valence-electron chi connectivity index (χ1n) is 10.3. The number of hydrogen-bond donors (Lipinski definition) is 2. The summed E-state index contributed by atoms with van der Waals surface area (Å²) in [6.07, 6.45) is 1.31. The van der Waals surface area contributed by atoms with Crippen molar-refractivity contribution in [2.45, 2.75) is 37.8 Å². The second-order valence-electron chi connectivity index (χ2n) is 6.97. The molecule has 0 unspecified atom stereocenters. The van der Waals surface area contributed by atoms with Gasteiger partial charge in [-0.25, -0.2) is 0 Å². The first-order valence-corrected chi connectivity index (χ1v) is 11.3. The van der Waals surface area contributed by atoms with E-state index in [1.165, 1.54) is 16.0 Å². The normalized spacial score (nSPS) is 12.8. The molecule has 1 amide bonds. The summed E-state index contributed by atoms with van der Waals surface area (Å²) < 4.78 is 0. The van der Waals surface area contributed by atoms with Gasteiger partial charge in [-0.15, -0.1) is 35.7 Å². The fourth-order valence-corrected chi connectivity index (χ4v) is 4.07. The number of guanidine groups is 1. The molecule has 0 radical (unpaired) electrons. The van der Waals surface area contributed by atoms with Crippen LogP contribution in [0.2, 0.25) is 0 Å². The molecule has 30 heavy (non-hydrogen) atoms. The topological polar surface area (TPSA) is 56.7 Å². The molecule has 0 saturated carbocycles. The average molecular weight is 538 g/mol. The Hall–Kier alpha value is -1.74. The first-order chi connectivity index (χ1) is 14.3. The Morgan fingerprint density at radius 1 is 1.03 bits per heavy atom. The highest BCUT2D eigenvalue weighted by atomic mass is 127. The standard InChI is InChI=1S/C23H30N4OS.HI/c1-2-24-23(26-15-16-29-21-11-4-3-5-12-21)25-14-8-13-22(28)27-17-19-9-6-7-10-20(19)18-27;/h3-7,9-12H,2,8,13-18H2,1H3,(H2,24,25,26);1H. The minimum Gasteiger partial charge on any atom is -0.357 e. The van der Waals surface area contributed by atoms with Crippen molar-refractivity contribution in [3.05, 3.63) is 65.7 Å². The van der Waals surface area contributed by atoms with Crippen LogP contribution in [0.4, 0.5) is 0 Å². The lowest BCUT2D eigenvalue weighted by Crippen LogP contribution is -2.38. The number of carbonyl (C=O) groups is 1. The van der Waals surface area contributed by atoms with Crippen LogP contribution in [0.15, 0.2) is 64.5 Å². The van der Waals surface area contributed by atoms with E-state index in [1.807, 2.05) is 34.9 Å². The van der Waals surface area contributed by atoms with Crippen molar-refractivity contribution in [1.29, 1.82) is 0 Å². The van der Waals surface area contributed by atoms with Crippen molar-refractivity contribution in [3.63, 3.8) is 0 Å². The summed E-state index contributed by atoms with van der Waals surface area (Å²) in [6.45, 7) is 5.85. The summed E-state index contributed by atoms with van der Waals surface area (Å²) in [7, 11) is 0. The summed E-state index contributed by atoms with van der Waals surface area (Å²) >= 11 is 1.83. The summed E-state index contributed by atoms with van der Waals surface area (Å²) in [5.41, 5.74) is 2.54. The molecule has 0 aromatic heterocycles. The van der Waals surface area contributed by atoms with E-state index in [9.17, 15) is 4.79 Å². The van der Waals surface area contributed by atoms with Crippen LogP contribution >= 0.6 is 35.7 Å². The third-order valence-corrected chi connectivity index (χ3v) is 5.78. The van der Waals surface area contributed by atoms with Crippen molar-refractivity contribution < 1.29 is 4.79 Å². The lowest BCUT2D eigenvalue weighted by molar-refractivity contribution is -0.131. The molecule has 0 atom stereocenters. The Bertz CT molecular complexity index is 791. The largest absolute Gasteiger partial charge is 0.357 e. The monoisotopic (exact) mass is 538 g/mol. The molecule has 2 aromatic carbocycles. The fourth-order valence-electron chi connectivity index (χ4n) is 3.29. The van der Waals surface area contributed by atoms with Crippen LogP contribution in [-0.4, -0.2) is 42.2 Å². The molecule has 0 bridgehead atoms. The number of nitrogens with one attached hydrogen (secondary N) is 2. The predicted molar refractivity (Wildman–Crippen MR) is 136 cm³/mol. The maximum atomic E-state index is 12.5. The van der Waals surface area contributed by atoms with Crippen molar-refractivity contribution >= 4 is 47.6 Å². The molecule has 0 aliphatic carbocycles. The lowest BCUT2D eigenvalue weighted by atomic mass is 10.1. The van der Waals surface area contributed by atoms with Crippen LogP contribution in [0.1, 0.15) is 30.9 Å². The zero-order valence-electron chi connectivity index (χ0n) is 17.5. The molecule has 1 heterocycles. The minimum absolute atomic E-state index is 0. The van der Waals surface area contributed by atoms with E-state index in [-0.39, 0.29) is 29.9 Å². The summed E-state index contributed by atoms with van der Waals surface area (Å²) in [5.74, 6) is 2.01. The van der Waals surface area contributed by atoms with E-state index in [0.29, 0.717) is 13.0 Å². The zero-order valence-corrected chi connectivity index (χ0v) is 20.6. The molecule has 2 aromatic rings. The van der Waals surface area contributed by atoms with Crippen molar-refractivity contribution in [2.75, 3.05) is 25.4 Å². The Morgan fingerprint density at radius 2 is 1.70 bits per heavy atom. The van der Waals surface area contributed by atoms with Gasteiger partial charge >= 0.3 is 0 Å². The van der Waals surface area contributed by atoms with Gasteiger partial charge in [0.15, 0.2) is 5.96 Å². The highest BCUT2D eigenvalue weighted by Crippen LogP contribution is 2.22. The molecule has 162 valence electrons. The van der Waals surface area contributed by atoms with Crippen LogP contribution < -0.4 is 10.6 Å². The van der Waals surface area contributed by atoms with Gasteiger partial charge in [0.25, 0.3) is 0 Å². The second-order valence-corrected chi connectivity index (χ2v) is 8.14. The van der Waals surface area contributed by atoms with Gasteiger partial charge in [-0.2, -0.15) is 0 Å². The SMILES string of the molecule is CCNC(=NCCCC(=O)N1Cc2ccccc2C1)NCCSc1ccccc1.I. The molecular weight excluding hydrogens is 507 g/mol. The number of fused-ring (bicyclic) bond motifs is 1. The van der Waals surface area contributed by atoms with Gasteiger partial charge in [-0.05, 0) is 36.6 Å². The molecular formula is C23H31IN4OS. The summed E-state index contributed by atoms with van der Waals surface area (Å²) in [4.78, 5) is 20.3. The number of benzene rings is 2. The smallest absolute Gasteiger partial charge is 0.223 e. The quantitative estimate of drug-likeness (QED) is 0.165. The predicted octanol–water partition coefficient (Wildman–Crippen LogP) is 4.27. The van der Waals surface area contributed by atoms with Crippen LogP contribution in [-0.2, 0) is 17.9 Å². The molecule has 0 saturated heterocycles. The van der Waals surface area contributed by atoms with E-state index in [2.05, 4.69) is 58.9 Å². The van der Waals surface area contributed by atoms with E-state index >= 15 is 0 Å². The van der Waals surface area contributed by atoms with E-state index in [0.717, 1.165) is 44.3 Å². The molecule has 0 spiro atoms. The van der Waals surface area contributed by atoms with E-state index in [1.54, 1.807) is 0 Å². The van der Waals surface area contributed by atoms with Gasteiger partial charge in [0.2, 0.25) is 5.91 Å². The van der Waals surface area contributed by atoms with Crippen LogP contribution in [0.3, 0.4) is 0 Å². The minimum atomic E-state index is 0. The number of rotatable bonds is 9. The molecule has 7 heteroatoms. The van der Waals surface area contributed by atoms with Gasteiger partial charge in [-0.1, -0.05) is 42.5 Å². The molecule has 3 rings (SSSR count). The maximum Gasteiger partial charge on any atom is 0.223 e. The Kier molecular flexibility index (Phi) is 11.1. The van der Waals surface area contributed by atoms with Crippen molar-refractivity contribution in [2.24, 2.45) is 4.99 Å². The molecule has 1 aliphatic rings. The highest BCUT2D eigenvalue weighted by molar-refractivity contribution is 14.0. The van der Waals surface area contributed by atoms with Gasteiger partial charge in [0, 0.05) is 49.8 Å². The maximum absolute atomic E-state index is 12.5.